The number of unbranched alkanes of at least 4 members (excludes halogenated alkanes) is 1. The van der Waals surface area contributed by atoms with Gasteiger partial charge in [-0.15, -0.1) is 11.6 Å². The molecular weight excluding hydrogens is 236 g/mol. The fraction of sp³-hybridized carbons (Fsp3) is 0.923. The van der Waals surface area contributed by atoms with Gasteiger partial charge in [0, 0.05) is 12.9 Å². The Kier molecular flexibility index (Phi) is 4.48. The third-order valence-electron chi connectivity index (χ3n) is 3.52. The molecule has 0 unspecified atom stereocenters. The third-order valence-corrected chi connectivity index (χ3v) is 3.78. The molecule has 0 bridgehead atoms. The second-order valence-electron chi connectivity index (χ2n) is 6.31. The fourth-order valence-corrected chi connectivity index (χ4v) is 2.71. The molecule has 1 aliphatic rings. The van der Waals surface area contributed by atoms with Crippen molar-refractivity contribution >= 4 is 17.5 Å². The average molecular weight is 261 g/mol. The Morgan fingerprint density at radius 1 is 1.41 bits per heavy atom. The Morgan fingerprint density at radius 3 is 2.41 bits per heavy atom. The number of carbonyl (C=O) groups is 1. The van der Waals surface area contributed by atoms with Crippen LogP contribution >= 0.6 is 11.6 Å². The summed E-state index contributed by atoms with van der Waals surface area (Å²) in [5.74, 6) is 0.870. The molecule has 3 nitrogen and oxygen atoms in total. The summed E-state index contributed by atoms with van der Waals surface area (Å²) in [6, 6.07) is 0. The van der Waals surface area contributed by atoms with Gasteiger partial charge in [0.05, 0.1) is 11.7 Å². The van der Waals surface area contributed by atoms with Crippen LogP contribution in [0, 0.1) is 5.41 Å². The van der Waals surface area contributed by atoms with Gasteiger partial charge in [-0.3, -0.25) is 10.1 Å². The lowest BCUT2D eigenvalue weighted by Crippen LogP contribution is -2.48. The molecule has 1 aliphatic heterocycles. The van der Waals surface area contributed by atoms with E-state index in [-0.39, 0.29) is 17.5 Å². The highest BCUT2D eigenvalue weighted by molar-refractivity contribution is 6.17. The highest BCUT2D eigenvalue weighted by Crippen LogP contribution is 2.32. The standard InChI is InChI=1S/C13H25ClN2O/c1-12(2,3)10-15-13(4,8-6-7-9-14)11(17)16(10)5/h10,15H,6-9H2,1-5H3/t10-,13-/m1/s1. The molecule has 0 aromatic rings. The number of alkyl halides is 1. The van der Waals surface area contributed by atoms with Crippen LogP contribution in [0.4, 0.5) is 0 Å². The van der Waals surface area contributed by atoms with Gasteiger partial charge in [-0.25, -0.2) is 0 Å². The predicted octanol–water partition coefficient (Wildman–Crippen LogP) is 2.59. The van der Waals surface area contributed by atoms with Gasteiger partial charge in [0.1, 0.15) is 0 Å². The summed E-state index contributed by atoms with van der Waals surface area (Å²) in [6.45, 7) is 8.46. The maximum Gasteiger partial charge on any atom is 0.243 e. The first-order chi connectivity index (χ1) is 7.72. The lowest BCUT2D eigenvalue weighted by Gasteiger charge is -2.32. The van der Waals surface area contributed by atoms with E-state index in [1.54, 1.807) is 0 Å². The van der Waals surface area contributed by atoms with Gasteiger partial charge in [0.2, 0.25) is 5.91 Å². The zero-order valence-electron chi connectivity index (χ0n) is 11.6. The summed E-state index contributed by atoms with van der Waals surface area (Å²) in [7, 11) is 1.89. The predicted molar refractivity (Wildman–Crippen MR) is 72.1 cm³/mol. The summed E-state index contributed by atoms with van der Waals surface area (Å²) in [5, 5.41) is 3.50. The van der Waals surface area contributed by atoms with Crippen molar-refractivity contribution < 1.29 is 4.79 Å². The van der Waals surface area contributed by atoms with E-state index in [4.69, 9.17) is 11.6 Å². The minimum absolute atomic E-state index is 0.0503. The van der Waals surface area contributed by atoms with E-state index in [1.165, 1.54) is 0 Å². The van der Waals surface area contributed by atoms with Crippen LogP contribution in [0.3, 0.4) is 0 Å². The molecule has 4 heteroatoms. The number of likely N-dealkylation sites (N-methyl/N-ethyl adjacent to an activating group) is 1. The Hall–Kier alpha value is -0.280. The van der Waals surface area contributed by atoms with E-state index >= 15 is 0 Å². The molecule has 0 spiro atoms. The van der Waals surface area contributed by atoms with E-state index in [9.17, 15) is 4.79 Å². The number of carbonyl (C=O) groups excluding carboxylic acids is 1. The molecule has 1 saturated heterocycles. The second kappa shape index (κ2) is 5.15. The monoisotopic (exact) mass is 260 g/mol. The van der Waals surface area contributed by atoms with Gasteiger partial charge in [-0.2, -0.15) is 0 Å². The van der Waals surface area contributed by atoms with Gasteiger partial charge in [-0.05, 0) is 31.6 Å². The maximum atomic E-state index is 12.3. The largest absolute Gasteiger partial charge is 0.328 e. The van der Waals surface area contributed by atoms with Crippen molar-refractivity contribution in [1.82, 2.24) is 10.2 Å². The normalized spacial score (nSPS) is 30.1. The Balaban J connectivity index is 2.73. The molecule has 1 heterocycles. The molecule has 0 aliphatic carbocycles. The van der Waals surface area contributed by atoms with Gasteiger partial charge in [0.15, 0.2) is 0 Å². The average Bonchev–Trinajstić information content (AvgIpc) is 2.43. The SMILES string of the molecule is CN1C(=O)[C@@](C)(CCCCCl)N[C@H]1C(C)(C)C. The smallest absolute Gasteiger partial charge is 0.243 e. The first-order valence-electron chi connectivity index (χ1n) is 6.33. The Bertz CT molecular complexity index is 288. The molecule has 0 radical (unpaired) electrons. The number of hydrogen-bond acceptors (Lipinski definition) is 2. The van der Waals surface area contributed by atoms with Crippen LogP contribution in [-0.4, -0.2) is 35.4 Å². The zero-order valence-corrected chi connectivity index (χ0v) is 12.4. The fourth-order valence-electron chi connectivity index (χ4n) is 2.52. The highest BCUT2D eigenvalue weighted by Gasteiger charge is 2.49. The molecule has 1 rings (SSSR count). The first-order valence-corrected chi connectivity index (χ1v) is 6.87. The Morgan fingerprint density at radius 2 is 2.00 bits per heavy atom. The van der Waals surface area contributed by atoms with E-state index in [1.807, 2.05) is 18.9 Å². The van der Waals surface area contributed by atoms with Crippen molar-refractivity contribution in [2.24, 2.45) is 5.41 Å². The topological polar surface area (TPSA) is 32.3 Å². The van der Waals surface area contributed by atoms with Crippen LogP contribution in [0.25, 0.3) is 0 Å². The molecule has 2 atom stereocenters. The quantitative estimate of drug-likeness (QED) is 0.623. The van der Waals surface area contributed by atoms with Gasteiger partial charge < -0.3 is 4.90 Å². The van der Waals surface area contributed by atoms with Gasteiger partial charge >= 0.3 is 0 Å². The van der Waals surface area contributed by atoms with Crippen LogP contribution in [0.5, 0.6) is 0 Å². The Labute approximate surface area is 110 Å². The molecule has 17 heavy (non-hydrogen) atoms. The van der Waals surface area contributed by atoms with Crippen LogP contribution in [0.15, 0.2) is 0 Å². The zero-order chi connectivity index (χ0) is 13.3. The van der Waals surface area contributed by atoms with Crippen LogP contribution < -0.4 is 5.32 Å². The van der Waals surface area contributed by atoms with Gasteiger partial charge in [0.25, 0.3) is 0 Å². The second-order valence-corrected chi connectivity index (χ2v) is 6.69. The number of amides is 1. The van der Waals surface area contributed by atoms with E-state index < -0.39 is 5.54 Å². The van der Waals surface area contributed by atoms with Crippen molar-refractivity contribution in [2.45, 2.75) is 58.7 Å². The van der Waals surface area contributed by atoms with Crippen LogP contribution in [-0.2, 0) is 4.79 Å². The molecule has 0 aromatic heterocycles. The van der Waals surface area contributed by atoms with E-state index in [0.717, 1.165) is 19.3 Å². The third kappa shape index (κ3) is 3.14. The molecular formula is C13H25ClN2O. The van der Waals surface area contributed by atoms with Crippen LogP contribution in [0.1, 0.15) is 47.0 Å². The summed E-state index contributed by atoms with van der Waals surface area (Å²) >= 11 is 5.68. The van der Waals surface area contributed by atoms with Crippen molar-refractivity contribution in [2.75, 3.05) is 12.9 Å². The minimum Gasteiger partial charge on any atom is -0.328 e. The summed E-state index contributed by atoms with van der Waals surface area (Å²) < 4.78 is 0. The molecule has 1 N–H and O–H groups in total. The maximum absolute atomic E-state index is 12.3. The molecule has 1 fully saturated rings. The number of hydrogen-bond donors (Lipinski definition) is 1. The van der Waals surface area contributed by atoms with Crippen molar-refractivity contribution in [3.63, 3.8) is 0 Å². The molecule has 0 saturated carbocycles. The minimum atomic E-state index is -0.418. The highest BCUT2D eigenvalue weighted by atomic mass is 35.5. The van der Waals surface area contributed by atoms with Gasteiger partial charge in [-0.1, -0.05) is 20.8 Å². The summed E-state index contributed by atoms with van der Waals surface area (Å²) in [6.07, 6.45) is 2.92. The van der Waals surface area contributed by atoms with Crippen LogP contribution in [0.2, 0.25) is 0 Å². The molecule has 100 valence electrons. The molecule has 1 amide bonds. The summed E-state index contributed by atoms with van der Waals surface area (Å²) in [5.41, 5.74) is -0.368. The first kappa shape index (κ1) is 14.8. The van der Waals surface area contributed by atoms with E-state index in [0.29, 0.717) is 5.88 Å². The number of nitrogens with zero attached hydrogens (tertiary/aromatic N) is 1. The van der Waals surface area contributed by atoms with Crippen molar-refractivity contribution in [1.29, 1.82) is 0 Å². The molecule has 0 aromatic carbocycles. The lowest BCUT2D eigenvalue weighted by atomic mass is 9.91. The number of nitrogens with one attached hydrogen (secondary N) is 1. The number of halogens is 1. The van der Waals surface area contributed by atoms with E-state index in [2.05, 4.69) is 26.1 Å². The summed E-state index contributed by atoms with van der Waals surface area (Å²) in [4.78, 5) is 14.2. The lowest BCUT2D eigenvalue weighted by molar-refractivity contribution is -0.132. The van der Waals surface area contributed by atoms with Crippen molar-refractivity contribution in [3.8, 4) is 0 Å². The number of rotatable bonds is 4. The van der Waals surface area contributed by atoms with Crippen molar-refractivity contribution in [3.05, 3.63) is 0 Å².